The van der Waals surface area contributed by atoms with Crippen molar-refractivity contribution in [3.8, 4) is 0 Å². The van der Waals surface area contributed by atoms with Crippen molar-refractivity contribution in [2.45, 2.75) is 25.3 Å². The SMILES string of the molecule is Cl.O=[N+]([O-])c1ccc(Cl)cc1[C@H]1CCCCN1. The van der Waals surface area contributed by atoms with Gasteiger partial charge in [0.25, 0.3) is 5.69 Å². The third-order valence-corrected chi connectivity index (χ3v) is 3.11. The van der Waals surface area contributed by atoms with E-state index in [1.54, 1.807) is 12.1 Å². The molecular weight excluding hydrogens is 263 g/mol. The Labute approximate surface area is 111 Å². The van der Waals surface area contributed by atoms with E-state index >= 15 is 0 Å². The minimum absolute atomic E-state index is 0. The van der Waals surface area contributed by atoms with Crippen LogP contribution in [0.1, 0.15) is 30.9 Å². The summed E-state index contributed by atoms with van der Waals surface area (Å²) in [5, 5.41) is 14.8. The Balaban J connectivity index is 0.00000144. The second kappa shape index (κ2) is 6.19. The third kappa shape index (κ3) is 3.31. The maximum absolute atomic E-state index is 10.9. The van der Waals surface area contributed by atoms with Gasteiger partial charge in [-0.05, 0) is 31.5 Å². The number of hydrogen-bond acceptors (Lipinski definition) is 3. The first kappa shape index (κ1) is 14.2. The van der Waals surface area contributed by atoms with Gasteiger partial charge in [-0.1, -0.05) is 18.0 Å². The fourth-order valence-corrected chi connectivity index (χ4v) is 2.27. The minimum Gasteiger partial charge on any atom is -0.310 e. The fraction of sp³-hybridized carbons (Fsp3) is 0.455. The molecular formula is C11H14Cl2N2O2. The van der Waals surface area contributed by atoms with E-state index in [0.717, 1.165) is 25.8 Å². The topological polar surface area (TPSA) is 55.2 Å². The third-order valence-electron chi connectivity index (χ3n) is 2.87. The number of hydrogen-bond donors (Lipinski definition) is 1. The number of nitrogens with zero attached hydrogens (tertiary/aromatic N) is 1. The lowest BCUT2D eigenvalue weighted by atomic mass is 9.96. The number of rotatable bonds is 2. The largest absolute Gasteiger partial charge is 0.310 e. The fourth-order valence-electron chi connectivity index (χ4n) is 2.09. The second-order valence-corrected chi connectivity index (χ2v) is 4.40. The maximum atomic E-state index is 10.9. The van der Waals surface area contributed by atoms with Crippen molar-refractivity contribution in [1.29, 1.82) is 0 Å². The second-order valence-electron chi connectivity index (χ2n) is 3.96. The summed E-state index contributed by atoms with van der Waals surface area (Å²) in [7, 11) is 0. The van der Waals surface area contributed by atoms with Crippen LogP contribution in [-0.4, -0.2) is 11.5 Å². The van der Waals surface area contributed by atoms with Gasteiger partial charge in [-0.2, -0.15) is 0 Å². The zero-order valence-corrected chi connectivity index (χ0v) is 10.8. The van der Waals surface area contributed by atoms with Crippen LogP contribution < -0.4 is 5.32 Å². The van der Waals surface area contributed by atoms with Crippen molar-refractivity contribution < 1.29 is 4.92 Å². The van der Waals surface area contributed by atoms with E-state index in [9.17, 15) is 10.1 Å². The van der Waals surface area contributed by atoms with E-state index in [-0.39, 0.29) is 29.1 Å². The normalized spacial score (nSPS) is 19.5. The Hall–Kier alpha value is -0.840. The molecule has 0 amide bonds. The number of nitro benzene ring substituents is 1. The predicted molar refractivity (Wildman–Crippen MR) is 69.9 cm³/mol. The lowest BCUT2D eigenvalue weighted by molar-refractivity contribution is -0.385. The van der Waals surface area contributed by atoms with E-state index in [0.29, 0.717) is 10.6 Å². The van der Waals surface area contributed by atoms with E-state index < -0.39 is 0 Å². The molecule has 1 N–H and O–H groups in total. The molecule has 0 saturated carbocycles. The summed E-state index contributed by atoms with van der Waals surface area (Å²) in [6.07, 6.45) is 3.16. The van der Waals surface area contributed by atoms with Crippen LogP contribution in [0.25, 0.3) is 0 Å². The van der Waals surface area contributed by atoms with Gasteiger partial charge in [0.1, 0.15) is 0 Å². The summed E-state index contributed by atoms with van der Waals surface area (Å²) in [6.45, 7) is 0.911. The van der Waals surface area contributed by atoms with Crippen molar-refractivity contribution in [3.63, 3.8) is 0 Å². The molecule has 1 aromatic rings. The molecule has 1 atom stereocenters. The average Bonchev–Trinajstić information content (AvgIpc) is 2.29. The molecule has 2 rings (SSSR count). The molecule has 1 heterocycles. The molecule has 1 aliphatic heterocycles. The Morgan fingerprint density at radius 1 is 1.41 bits per heavy atom. The zero-order valence-electron chi connectivity index (χ0n) is 9.19. The zero-order chi connectivity index (χ0) is 11.5. The van der Waals surface area contributed by atoms with Gasteiger partial charge in [0.2, 0.25) is 0 Å². The standard InChI is InChI=1S/C11H13ClN2O2.ClH/c12-8-4-5-11(14(15)16)9(7-8)10-3-1-2-6-13-10;/h4-5,7,10,13H,1-3,6H2;1H/t10-;/m1./s1. The number of benzene rings is 1. The van der Waals surface area contributed by atoms with Crippen LogP contribution in [0.4, 0.5) is 5.69 Å². The van der Waals surface area contributed by atoms with Crippen molar-refractivity contribution in [2.75, 3.05) is 6.54 Å². The minimum atomic E-state index is -0.345. The number of piperidine rings is 1. The van der Waals surface area contributed by atoms with Crippen LogP contribution in [0.3, 0.4) is 0 Å². The lowest BCUT2D eigenvalue weighted by Gasteiger charge is -2.23. The van der Waals surface area contributed by atoms with E-state index in [1.165, 1.54) is 6.07 Å². The van der Waals surface area contributed by atoms with Crippen molar-refractivity contribution in [1.82, 2.24) is 5.32 Å². The first-order chi connectivity index (χ1) is 7.68. The van der Waals surface area contributed by atoms with Gasteiger partial charge < -0.3 is 5.32 Å². The van der Waals surface area contributed by atoms with Crippen molar-refractivity contribution >= 4 is 29.7 Å². The quantitative estimate of drug-likeness (QED) is 0.665. The molecule has 4 nitrogen and oxygen atoms in total. The first-order valence-corrected chi connectivity index (χ1v) is 5.73. The highest BCUT2D eigenvalue weighted by Crippen LogP contribution is 2.32. The van der Waals surface area contributed by atoms with Crippen LogP contribution in [0, 0.1) is 10.1 Å². The Morgan fingerprint density at radius 3 is 2.76 bits per heavy atom. The Morgan fingerprint density at radius 2 is 2.18 bits per heavy atom. The van der Waals surface area contributed by atoms with Crippen LogP contribution in [0.2, 0.25) is 5.02 Å². The highest BCUT2D eigenvalue weighted by molar-refractivity contribution is 6.30. The smallest absolute Gasteiger partial charge is 0.274 e. The molecule has 0 aliphatic carbocycles. The van der Waals surface area contributed by atoms with E-state index in [1.807, 2.05) is 0 Å². The highest BCUT2D eigenvalue weighted by Gasteiger charge is 2.23. The monoisotopic (exact) mass is 276 g/mol. The van der Waals surface area contributed by atoms with Crippen LogP contribution in [0.15, 0.2) is 18.2 Å². The van der Waals surface area contributed by atoms with Gasteiger partial charge in [-0.15, -0.1) is 12.4 Å². The maximum Gasteiger partial charge on any atom is 0.274 e. The molecule has 94 valence electrons. The predicted octanol–water partition coefficient (Wildman–Crippen LogP) is 3.48. The van der Waals surface area contributed by atoms with Gasteiger partial charge in [0, 0.05) is 22.7 Å². The van der Waals surface area contributed by atoms with Crippen LogP contribution in [-0.2, 0) is 0 Å². The Kier molecular flexibility index (Phi) is 5.18. The summed E-state index contributed by atoms with van der Waals surface area (Å²) in [6, 6.07) is 4.80. The van der Waals surface area contributed by atoms with Gasteiger partial charge in [0.05, 0.1) is 4.92 Å². The molecule has 0 bridgehead atoms. The van der Waals surface area contributed by atoms with E-state index in [2.05, 4.69) is 5.32 Å². The summed E-state index contributed by atoms with van der Waals surface area (Å²) in [4.78, 5) is 10.6. The van der Waals surface area contributed by atoms with E-state index in [4.69, 9.17) is 11.6 Å². The highest BCUT2D eigenvalue weighted by atomic mass is 35.5. The summed E-state index contributed by atoms with van der Waals surface area (Å²) < 4.78 is 0. The van der Waals surface area contributed by atoms with Crippen LogP contribution in [0.5, 0.6) is 0 Å². The lowest BCUT2D eigenvalue weighted by Crippen LogP contribution is -2.27. The van der Waals surface area contributed by atoms with Gasteiger partial charge >= 0.3 is 0 Å². The molecule has 0 radical (unpaired) electrons. The average molecular weight is 277 g/mol. The number of halogens is 2. The summed E-state index contributed by atoms with van der Waals surface area (Å²) in [5.41, 5.74) is 0.862. The molecule has 17 heavy (non-hydrogen) atoms. The molecule has 1 saturated heterocycles. The Bertz CT molecular complexity index is 406. The molecule has 1 aliphatic rings. The number of nitro groups is 1. The summed E-state index contributed by atoms with van der Waals surface area (Å²) in [5.74, 6) is 0. The van der Waals surface area contributed by atoms with Crippen molar-refractivity contribution in [3.05, 3.63) is 38.9 Å². The number of nitrogens with one attached hydrogen (secondary N) is 1. The first-order valence-electron chi connectivity index (χ1n) is 5.35. The molecule has 1 fully saturated rings. The van der Waals surface area contributed by atoms with Crippen molar-refractivity contribution in [2.24, 2.45) is 0 Å². The van der Waals surface area contributed by atoms with Gasteiger partial charge in [0.15, 0.2) is 0 Å². The molecule has 1 aromatic carbocycles. The molecule has 0 unspecified atom stereocenters. The molecule has 0 spiro atoms. The molecule has 0 aromatic heterocycles. The van der Waals surface area contributed by atoms with Crippen LogP contribution >= 0.6 is 24.0 Å². The summed E-state index contributed by atoms with van der Waals surface area (Å²) >= 11 is 5.89. The van der Waals surface area contributed by atoms with Gasteiger partial charge in [-0.25, -0.2) is 0 Å². The molecule has 6 heteroatoms. The van der Waals surface area contributed by atoms with Gasteiger partial charge in [-0.3, -0.25) is 10.1 Å².